The van der Waals surface area contributed by atoms with E-state index in [1.54, 1.807) is 41.7 Å². The number of esters is 2. The number of anilines is 1. The Hall–Kier alpha value is -2.97. The zero-order chi connectivity index (χ0) is 21.1. The van der Waals surface area contributed by atoms with E-state index >= 15 is 0 Å². The fourth-order valence-corrected chi connectivity index (χ4v) is 4.42. The molecule has 0 saturated carbocycles. The molecule has 0 atom stereocenters. The predicted octanol–water partition coefficient (Wildman–Crippen LogP) is 3.44. The number of rotatable bonds is 5. The molecule has 0 spiro atoms. The molecule has 3 aromatic rings. The quantitative estimate of drug-likeness (QED) is 0.458. The zero-order valence-corrected chi connectivity index (χ0v) is 17.8. The molecule has 0 amide bonds. The Labute approximate surface area is 178 Å². The summed E-state index contributed by atoms with van der Waals surface area (Å²) in [5.41, 5.74) is 1.64. The first-order valence-electron chi connectivity index (χ1n) is 9.86. The third-order valence-corrected chi connectivity index (χ3v) is 6.27. The molecule has 2 aromatic carbocycles. The summed E-state index contributed by atoms with van der Waals surface area (Å²) in [6, 6.07) is 11.7. The fourth-order valence-electron chi connectivity index (χ4n) is 3.37. The molecule has 0 N–H and O–H groups in total. The molecule has 0 radical (unpaired) electrons. The molecule has 1 saturated heterocycles. The summed E-state index contributed by atoms with van der Waals surface area (Å²) in [4.78, 5) is 33.4. The van der Waals surface area contributed by atoms with Crippen molar-refractivity contribution >= 4 is 38.6 Å². The molecule has 4 rings (SSSR count). The maximum absolute atomic E-state index is 12.4. The molecule has 1 aliphatic rings. The number of nitrogens with zero attached hydrogens (tertiary/aromatic N) is 3. The first kappa shape index (κ1) is 20.3. The van der Waals surface area contributed by atoms with Gasteiger partial charge in [0.05, 0.1) is 28.5 Å². The van der Waals surface area contributed by atoms with Gasteiger partial charge < -0.3 is 19.3 Å². The van der Waals surface area contributed by atoms with Gasteiger partial charge in [-0.05, 0) is 42.9 Å². The lowest BCUT2D eigenvalue weighted by molar-refractivity contribution is 0.0599. The van der Waals surface area contributed by atoms with Gasteiger partial charge in [0.15, 0.2) is 5.13 Å². The molecule has 0 bridgehead atoms. The lowest BCUT2D eigenvalue weighted by Gasteiger charge is -2.33. The minimum atomic E-state index is -0.480. The van der Waals surface area contributed by atoms with Crippen LogP contribution in [0.15, 0.2) is 42.5 Å². The minimum absolute atomic E-state index is 0.363. The largest absolute Gasteiger partial charge is 0.465 e. The smallest absolute Gasteiger partial charge is 0.343 e. The van der Waals surface area contributed by atoms with E-state index in [2.05, 4.69) is 21.5 Å². The standard InChI is InChI=1S/C22H23N3O4S/c1-3-24-10-12-25(13-11-24)22-23-18-9-8-17(14-19(18)30-22)29-21(27)16-6-4-15(5-7-16)20(26)28-2/h4-9,14H,3,10-13H2,1-2H3. The first-order valence-corrected chi connectivity index (χ1v) is 10.7. The number of piperazine rings is 1. The van der Waals surface area contributed by atoms with E-state index in [1.807, 2.05) is 12.1 Å². The van der Waals surface area contributed by atoms with Crippen LogP contribution in [0.4, 0.5) is 5.13 Å². The molecule has 156 valence electrons. The van der Waals surface area contributed by atoms with Crippen LogP contribution in [-0.4, -0.2) is 61.7 Å². The number of aromatic nitrogens is 1. The van der Waals surface area contributed by atoms with Gasteiger partial charge in [0.25, 0.3) is 0 Å². The van der Waals surface area contributed by atoms with Gasteiger partial charge in [-0.2, -0.15) is 0 Å². The van der Waals surface area contributed by atoms with Crippen molar-refractivity contribution in [2.24, 2.45) is 0 Å². The average molecular weight is 426 g/mol. The number of fused-ring (bicyclic) bond motifs is 1. The van der Waals surface area contributed by atoms with Crippen molar-refractivity contribution in [1.29, 1.82) is 0 Å². The normalized spacial score (nSPS) is 14.7. The van der Waals surface area contributed by atoms with Gasteiger partial charge in [0.1, 0.15) is 5.75 Å². The Bertz CT molecular complexity index is 1060. The maximum atomic E-state index is 12.4. The number of methoxy groups -OCH3 is 1. The second kappa shape index (κ2) is 8.81. The van der Waals surface area contributed by atoms with Gasteiger partial charge >= 0.3 is 11.9 Å². The zero-order valence-electron chi connectivity index (χ0n) is 17.0. The van der Waals surface area contributed by atoms with Gasteiger partial charge in [0.2, 0.25) is 0 Å². The number of hydrogen-bond acceptors (Lipinski definition) is 8. The van der Waals surface area contributed by atoms with Crippen molar-refractivity contribution in [3.05, 3.63) is 53.6 Å². The molecule has 2 heterocycles. The van der Waals surface area contributed by atoms with Crippen molar-refractivity contribution in [3.63, 3.8) is 0 Å². The molecule has 1 aromatic heterocycles. The van der Waals surface area contributed by atoms with Gasteiger partial charge in [-0.25, -0.2) is 14.6 Å². The lowest BCUT2D eigenvalue weighted by Crippen LogP contribution is -2.46. The number of hydrogen-bond donors (Lipinski definition) is 0. The van der Waals surface area contributed by atoms with Gasteiger partial charge in [-0.3, -0.25) is 0 Å². The molecule has 30 heavy (non-hydrogen) atoms. The Morgan fingerprint density at radius 2 is 1.67 bits per heavy atom. The van der Waals surface area contributed by atoms with Crippen LogP contribution in [0.2, 0.25) is 0 Å². The fraction of sp³-hybridized carbons (Fsp3) is 0.318. The predicted molar refractivity (Wildman–Crippen MR) is 117 cm³/mol. The van der Waals surface area contributed by atoms with E-state index in [0.29, 0.717) is 16.9 Å². The van der Waals surface area contributed by atoms with Crippen LogP contribution >= 0.6 is 11.3 Å². The summed E-state index contributed by atoms with van der Waals surface area (Å²) in [6.45, 7) is 7.29. The molecule has 7 nitrogen and oxygen atoms in total. The third kappa shape index (κ3) is 4.29. The van der Waals surface area contributed by atoms with Crippen LogP contribution in [0, 0.1) is 0 Å². The van der Waals surface area contributed by atoms with E-state index in [9.17, 15) is 9.59 Å². The number of likely N-dealkylation sites (N-methyl/N-ethyl adjacent to an activating group) is 1. The van der Waals surface area contributed by atoms with Crippen LogP contribution < -0.4 is 9.64 Å². The third-order valence-electron chi connectivity index (χ3n) is 5.19. The highest BCUT2D eigenvalue weighted by molar-refractivity contribution is 7.22. The summed E-state index contributed by atoms with van der Waals surface area (Å²) in [5.74, 6) is -0.459. The minimum Gasteiger partial charge on any atom is -0.465 e. The first-order chi connectivity index (χ1) is 14.6. The van der Waals surface area contributed by atoms with E-state index in [4.69, 9.17) is 9.72 Å². The molecule has 8 heteroatoms. The Balaban J connectivity index is 1.46. The molecular weight excluding hydrogens is 402 g/mol. The summed E-state index contributed by atoms with van der Waals surface area (Å²) >= 11 is 1.61. The SMILES string of the molecule is CCN1CCN(c2nc3ccc(OC(=O)c4ccc(C(=O)OC)cc4)cc3s2)CC1. The number of ether oxygens (including phenoxy) is 2. The molecule has 0 aliphatic carbocycles. The number of benzene rings is 2. The Morgan fingerprint density at radius 3 is 2.30 bits per heavy atom. The van der Waals surface area contributed by atoms with Gasteiger partial charge in [-0.1, -0.05) is 18.3 Å². The van der Waals surface area contributed by atoms with Gasteiger partial charge in [0, 0.05) is 32.2 Å². The summed E-state index contributed by atoms with van der Waals surface area (Å²) in [5, 5.41) is 1.00. The van der Waals surface area contributed by atoms with E-state index in [-0.39, 0.29) is 0 Å². The summed E-state index contributed by atoms with van der Waals surface area (Å²) in [7, 11) is 1.32. The monoisotopic (exact) mass is 425 g/mol. The average Bonchev–Trinajstić information content (AvgIpc) is 3.22. The van der Waals surface area contributed by atoms with Crippen molar-refractivity contribution in [2.45, 2.75) is 6.92 Å². The van der Waals surface area contributed by atoms with Crippen molar-refractivity contribution in [3.8, 4) is 5.75 Å². The summed E-state index contributed by atoms with van der Waals surface area (Å²) in [6.07, 6.45) is 0. The topological polar surface area (TPSA) is 72.0 Å². The van der Waals surface area contributed by atoms with E-state index < -0.39 is 11.9 Å². The van der Waals surface area contributed by atoms with Crippen LogP contribution in [0.1, 0.15) is 27.6 Å². The molecular formula is C22H23N3O4S. The molecule has 1 aliphatic heterocycles. The highest BCUT2D eigenvalue weighted by atomic mass is 32.1. The van der Waals surface area contributed by atoms with Crippen LogP contribution in [0.25, 0.3) is 10.2 Å². The number of carbonyl (C=O) groups excluding carboxylic acids is 2. The van der Waals surface area contributed by atoms with Crippen LogP contribution in [0.3, 0.4) is 0 Å². The Morgan fingerprint density at radius 1 is 1.00 bits per heavy atom. The molecule has 0 unspecified atom stereocenters. The van der Waals surface area contributed by atoms with Crippen molar-refractivity contribution in [2.75, 3.05) is 44.7 Å². The second-order valence-electron chi connectivity index (χ2n) is 7.01. The second-order valence-corrected chi connectivity index (χ2v) is 8.01. The summed E-state index contributed by atoms with van der Waals surface area (Å²) < 4.78 is 11.2. The van der Waals surface area contributed by atoms with E-state index in [1.165, 1.54) is 7.11 Å². The maximum Gasteiger partial charge on any atom is 0.343 e. The Kier molecular flexibility index (Phi) is 5.96. The lowest BCUT2D eigenvalue weighted by atomic mass is 10.1. The number of carbonyl (C=O) groups is 2. The highest BCUT2D eigenvalue weighted by Crippen LogP contribution is 2.32. The van der Waals surface area contributed by atoms with E-state index in [0.717, 1.165) is 48.1 Å². The van der Waals surface area contributed by atoms with Crippen molar-refractivity contribution in [1.82, 2.24) is 9.88 Å². The van der Waals surface area contributed by atoms with Crippen molar-refractivity contribution < 1.29 is 19.1 Å². The highest BCUT2D eigenvalue weighted by Gasteiger charge is 2.19. The number of thiazole rings is 1. The van der Waals surface area contributed by atoms with Gasteiger partial charge in [-0.15, -0.1) is 0 Å². The van der Waals surface area contributed by atoms with Crippen LogP contribution in [0.5, 0.6) is 5.75 Å². The van der Waals surface area contributed by atoms with Crippen LogP contribution in [-0.2, 0) is 4.74 Å². The molecule has 1 fully saturated rings.